The number of allylic oxidation sites excluding steroid dienone is 2. The van der Waals surface area contributed by atoms with Crippen molar-refractivity contribution in [3.8, 4) is 0 Å². The fraction of sp³-hybridized carbons (Fsp3) is 0.800. The van der Waals surface area contributed by atoms with Crippen LogP contribution < -0.4 is 0 Å². The lowest BCUT2D eigenvalue weighted by Gasteiger charge is -2.54. The van der Waals surface area contributed by atoms with Crippen molar-refractivity contribution in [2.45, 2.75) is 64.9 Å². The molecule has 7 atom stereocenters. The summed E-state index contributed by atoms with van der Waals surface area (Å²) in [5, 5.41) is 0. The molecule has 0 spiro atoms. The van der Waals surface area contributed by atoms with Gasteiger partial charge in [0.05, 0.1) is 0 Å². The van der Waals surface area contributed by atoms with E-state index < -0.39 is 0 Å². The van der Waals surface area contributed by atoms with Crippen LogP contribution in [-0.4, -0.2) is 17.9 Å². The van der Waals surface area contributed by atoms with Crippen LogP contribution in [0.4, 0.5) is 0 Å². The Morgan fingerprint density at radius 1 is 1.17 bits per heavy atom. The Morgan fingerprint density at radius 2 is 2.00 bits per heavy atom. The van der Waals surface area contributed by atoms with E-state index in [-0.39, 0.29) is 17.5 Å². The molecule has 0 aliphatic heterocycles. The zero-order valence-electron chi connectivity index (χ0n) is 14.3. The van der Waals surface area contributed by atoms with Gasteiger partial charge >= 0.3 is 5.97 Å². The van der Waals surface area contributed by atoms with Crippen LogP contribution in [0, 0.1) is 35.0 Å². The molecule has 4 rings (SSSR count). The Balaban J connectivity index is 1.57. The van der Waals surface area contributed by atoms with E-state index in [0.29, 0.717) is 23.5 Å². The average molecular weight is 316 g/mol. The number of ether oxygens (including phenoxy) is 1. The number of hydrogen-bond donors (Lipinski definition) is 0. The Hall–Kier alpha value is -1.12. The summed E-state index contributed by atoms with van der Waals surface area (Å²) in [5.74, 6) is 3.59. The van der Waals surface area contributed by atoms with Crippen LogP contribution in [0.3, 0.4) is 0 Å². The van der Waals surface area contributed by atoms with Gasteiger partial charge in [0.25, 0.3) is 0 Å². The van der Waals surface area contributed by atoms with Gasteiger partial charge in [-0.05, 0) is 74.2 Å². The lowest BCUT2D eigenvalue weighted by atomic mass is 9.51. The molecule has 0 aromatic carbocycles. The van der Waals surface area contributed by atoms with Crippen molar-refractivity contribution < 1.29 is 14.3 Å². The number of fused-ring (bicyclic) bond motifs is 5. The minimum absolute atomic E-state index is 0.118. The molecule has 0 aromatic rings. The zero-order valence-corrected chi connectivity index (χ0v) is 14.3. The largest absolute Gasteiger partial charge is 0.462 e. The van der Waals surface area contributed by atoms with E-state index in [1.165, 1.54) is 39.0 Å². The molecule has 0 saturated heterocycles. The third-order valence-corrected chi connectivity index (χ3v) is 7.59. The third kappa shape index (κ3) is 2.38. The molecule has 4 aliphatic rings. The fourth-order valence-electron chi connectivity index (χ4n) is 6.59. The van der Waals surface area contributed by atoms with E-state index in [1.807, 2.05) is 6.08 Å². The minimum atomic E-state index is -0.128. The summed E-state index contributed by atoms with van der Waals surface area (Å²) in [5.41, 5.74) is 0.174. The highest BCUT2D eigenvalue weighted by molar-refractivity contribution is 5.90. The van der Waals surface area contributed by atoms with Gasteiger partial charge in [-0.15, -0.1) is 0 Å². The van der Waals surface area contributed by atoms with Gasteiger partial charge in [0.15, 0.2) is 5.78 Å². The quantitative estimate of drug-likeness (QED) is 0.689. The van der Waals surface area contributed by atoms with Crippen molar-refractivity contribution in [2.75, 3.05) is 0 Å². The highest BCUT2D eigenvalue weighted by Crippen LogP contribution is 2.62. The van der Waals surface area contributed by atoms with Gasteiger partial charge in [-0.2, -0.15) is 0 Å². The molecule has 0 heterocycles. The summed E-state index contributed by atoms with van der Waals surface area (Å²) in [7, 11) is 0. The van der Waals surface area contributed by atoms with E-state index in [9.17, 15) is 9.59 Å². The SMILES string of the molecule is CC(=O)O[C@H]1CC[C@H]2[C@@H]3CC[C@H]4CC(=O)C=C[C@@H]4[C@H]3CC[C@]12C. The summed E-state index contributed by atoms with van der Waals surface area (Å²) in [6.45, 7) is 3.90. The molecule has 0 N–H and O–H groups in total. The molecule has 0 unspecified atom stereocenters. The Kier molecular flexibility index (Phi) is 3.66. The van der Waals surface area contributed by atoms with Gasteiger partial charge in [0.2, 0.25) is 0 Å². The Bertz CT molecular complexity index is 551. The first-order valence-corrected chi connectivity index (χ1v) is 9.37. The lowest BCUT2D eigenvalue weighted by molar-refractivity contribution is -0.156. The van der Waals surface area contributed by atoms with Crippen molar-refractivity contribution in [3.05, 3.63) is 12.2 Å². The van der Waals surface area contributed by atoms with Gasteiger partial charge in [-0.3, -0.25) is 9.59 Å². The van der Waals surface area contributed by atoms with Gasteiger partial charge in [0.1, 0.15) is 6.10 Å². The van der Waals surface area contributed by atoms with Crippen LogP contribution in [0.25, 0.3) is 0 Å². The molecule has 3 heteroatoms. The molecule has 0 radical (unpaired) electrons. The molecule has 4 aliphatic carbocycles. The standard InChI is InChI=1S/C20H28O3/c1-12(21)23-19-8-7-18-17-5-3-13-11-14(22)4-6-15(13)16(17)9-10-20(18,19)2/h4,6,13,15-19H,3,5,7-11H2,1-2H3/t13-,15-,16+,17+,18-,19-,20-/m0/s1. The summed E-state index contributed by atoms with van der Waals surface area (Å²) >= 11 is 0. The first-order chi connectivity index (χ1) is 11.0. The van der Waals surface area contributed by atoms with Crippen LogP contribution >= 0.6 is 0 Å². The van der Waals surface area contributed by atoms with Crippen LogP contribution in [0.1, 0.15) is 58.8 Å². The predicted molar refractivity (Wildman–Crippen MR) is 87.6 cm³/mol. The van der Waals surface area contributed by atoms with Gasteiger partial charge < -0.3 is 4.74 Å². The van der Waals surface area contributed by atoms with E-state index >= 15 is 0 Å². The molecule has 3 nitrogen and oxygen atoms in total. The van der Waals surface area contributed by atoms with E-state index in [2.05, 4.69) is 13.0 Å². The molecular weight excluding hydrogens is 288 g/mol. The molecule has 0 bridgehead atoms. The molecule has 3 fully saturated rings. The third-order valence-electron chi connectivity index (χ3n) is 7.59. The predicted octanol–water partition coefficient (Wildman–Crippen LogP) is 3.92. The first kappa shape index (κ1) is 15.4. The first-order valence-electron chi connectivity index (χ1n) is 9.37. The monoisotopic (exact) mass is 316 g/mol. The second kappa shape index (κ2) is 5.46. The van der Waals surface area contributed by atoms with Crippen molar-refractivity contribution >= 4 is 11.8 Å². The molecular formula is C20H28O3. The summed E-state index contributed by atoms with van der Waals surface area (Å²) in [6.07, 6.45) is 12.1. The number of hydrogen-bond acceptors (Lipinski definition) is 3. The van der Waals surface area contributed by atoms with Crippen molar-refractivity contribution in [1.29, 1.82) is 0 Å². The van der Waals surface area contributed by atoms with E-state index in [4.69, 9.17) is 4.74 Å². The van der Waals surface area contributed by atoms with Crippen molar-refractivity contribution in [3.63, 3.8) is 0 Å². The molecule has 23 heavy (non-hydrogen) atoms. The Labute approximate surface area is 138 Å². The Morgan fingerprint density at radius 3 is 2.78 bits per heavy atom. The summed E-state index contributed by atoms with van der Waals surface area (Å²) < 4.78 is 5.69. The number of esters is 1. The van der Waals surface area contributed by atoms with Crippen LogP contribution in [-0.2, 0) is 14.3 Å². The number of rotatable bonds is 1. The zero-order chi connectivity index (χ0) is 16.2. The molecule has 126 valence electrons. The number of carbonyl (C=O) groups is 2. The second-order valence-electron chi connectivity index (χ2n) is 8.60. The molecule has 0 aromatic heterocycles. The van der Waals surface area contributed by atoms with Crippen LogP contribution in [0.2, 0.25) is 0 Å². The lowest BCUT2D eigenvalue weighted by Crippen LogP contribution is -2.49. The van der Waals surface area contributed by atoms with Gasteiger partial charge in [-0.25, -0.2) is 0 Å². The van der Waals surface area contributed by atoms with Gasteiger partial charge in [-0.1, -0.05) is 13.0 Å². The van der Waals surface area contributed by atoms with Crippen molar-refractivity contribution in [1.82, 2.24) is 0 Å². The second-order valence-corrected chi connectivity index (χ2v) is 8.60. The van der Waals surface area contributed by atoms with Crippen molar-refractivity contribution in [2.24, 2.45) is 35.0 Å². The van der Waals surface area contributed by atoms with E-state index in [0.717, 1.165) is 24.7 Å². The summed E-state index contributed by atoms with van der Waals surface area (Å²) in [4.78, 5) is 23.2. The van der Waals surface area contributed by atoms with Crippen LogP contribution in [0.5, 0.6) is 0 Å². The van der Waals surface area contributed by atoms with E-state index in [1.54, 1.807) is 0 Å². The highest BCUT2D eigenvalue weighted by Gasteiger charge is 2.57. The van der Waals surface area contributed by atoms with Crippen LogP contribution in [0.15, 0.2) is 12.2 Å². The molecule has 3 saturated carbocycles. The maximum Gasteiger partial charge on any atom is 0.302 e. The maximum atomic E-state index is 11.7. The highest BCUT2D eigenvalue weighted by atomic mass is 16.5. The summed E-state index contributed by atoms with van der Waals surface area (Å²) in [6, 6.07) is 0. The minimum Gasteiger partial charge on any atom is -0.462 e. The average Bonchev–Trinajstić information content (AvgIpc) is 2.83. The normalized spacial score (nSPS) is 48.3. The number of carbonyl (C=O) groups excluding carboxylic acids is 2. The van der Waals surface area contributed by atoms with Gasteiger partial charge in [0, 0.05) is 18.8 Å². The topological polar surface area (TPSA) is 43.4 Å². The fourth-order valence-corrected chi connectivity index (χ4v) is 6.59. The molecule has 0 amide bonds. The smallest absolute Gasteiger partial charge is 0.302 e. The number of ketones is 1. The maximum absolute atomic E-state index is 11.7.